The Morgan fingerprint density at radius 1 is 1.40 bits per heavy atom. The van der Waals surface area contributed by atoms with Gasteiger partial charge in [-0.05, 0) is 25.3 Å². The number of nitrogens with two attached hydrogens (primary N) is 1. The molecular formula is C12H17N3O4S. The molecule has 0 amide bonds. The van der Waals surface area contributed by atoms with Gasteiger partial charge in [0.05, 0.1) is 10.6 Å². The summed E-state index contributed by atoms with van der Waals surface area (Å²) in [6.07, 6.45) is 0.911. The van der Waals surface area contributed by atoms with E-state index in [1.165, 1.54) is 12.1 Å². The number of non-ortho nitro benzene ring substituents is 1. The summed E-state index contributed by atoms with van der Waals surface area (Å²) in [5, 5.41) is 16.1. The maximum absolute atomic E-state index is 11.7. The summed E-state index contributed by atoms with van der Waals surface area (Å²) in [7, 11) is -3.92. The summed E-state index contributed by atoms with van der Waals surface area (Å²) < 4.78 is 23.3. The molecule has 1 heterocycles. The lowest BCUT2D eigenvalue weighted by Crippen LogP contribution is -2.31. The highest BCUT2D eigenvalue weighted by Crippen LogP contribution is 2.35. The van der Waals surface area contributed by atoms with Gasteiger partial charge in [-0.2, -0.15) is 0 Å². The molecule has 1 aromatic rings. The van der Waals surface area contributed by atoms with E-state index in [1.54, 1.807) is 0 Å². The van der Waals surface area contributed by atoms with E-state index in [4.69, 9.17) is 5.14 Å². The Morgan fingerprint density at radius 3 is 2.50 bits per heavy atom. The number of hydrogen-bond donors (Lipinski definition) is 1. The number of nitro groups is 1. The second-order valence-electron chi connectivity index (χ2n) is 5.15. The van der Waals surface area contributed by atoms with Crippen molar-refractivity contribution in [2.75, 3.05) is 11.4 Å². The van der Waals surface area contributed by atoms with Crippen LogP contribution in [0.3, 0.4) is 0 Å². The SMILES string of the molecule is C[C@@H]1[C@@H](C)CCN1c1cc([N+](=O)[O-])ccc1S(N)(=O)=O. The van der Waals surface area contributed by atoms with Crippen LogP contribution < -0.4 is 10.0 Å². The molecule has 20 heavy (non-hydrogen) atoms. The van der Waals surface area contributed by atoms with Crippen molar-refractivity contribution in [3.8, 4) is 0 Å². The number of sulfonamides is 1. The van der Waals surface area contributed by atoms with Crippen LogP contribution in [0.5, 0.6) is 0 Å². The lowest BCUT2D eigenvalue weighted by atomic mass is 10.1. The fourth-order valence-electron chi connectivity index (χ4n) is 2.52. The average Bonchev–Trinajstić information content (AvgIpc) is 2.68. The molecule has 0 radical (unpaired) electrons. The second kappa shape index (κ2) is 5.02. The Morgan fingerprint density at radius 2 is 2.05 bits per heavy atom. The molecule has 1 aliphatic rings. The minimum absolute atomic E-state index is 0.0657. The van der Waals surface area contributed by atoms with Crippen molar-refractivity contribution in [1.29, 1.82) is 0 Å². The zero-order chi connectivity index (χ0) is 15.1. The van der Waals surface area contributed by atoms with Gasteiger partial charge in [0, 0.05) is 24.7 Å². The van der Waals surface area contributed by atoms with Crippen molar-refractivity contribution >= 4 is 21.4 Å². The van der Waals surface area contributed by atoms with E-state index < -0.39 is 14.9 Å². The molecule has 2 atom stereocenters. The van der Waals surface area contributed by atoms with Gasteiger partial charge in [-0.3, -0.25) is 10.1 Å². The van der Waals surface area contributed by atoms with Crippen molar-refractivity contribution in [2.45, 2.75) is 31.2 Å². The number of hydrogen-bond acceptors (Lipinski definition) is 5. The van der Waals surface area contributed by atoms with Gasteiger partial charge in [0.25, 0.3) is 5.69 Å². The fourth-order valence-corrected chi connectivity index (χ4v) is 3.24. The van der Waals surface area contributed by atoms with Crippen LogP contribution in [0.25, 0.3) is 0 Å². The first kappa shape index (κ1) is 14.7. The van der Waals surface area contributed by atoms with Gasteiger partial charge in [0.2, 0.25) is 10.0 Å². The zero-order valence-electron chi connectivity index (χ0n) is 11.3. The molecule has 110 valence electrons. The molecule has 0 unspecified atom stereocenters. The lowest BCUT2D eigenvalue weighted by molar-refractivity contribution is -0.384. The number of primary sulfonamides is 1. The molecule has 2 N–H and O–H groups in total. The van der Waals surface area contributed by atoms with Gasteiger partial charge in [-0.25, -0.2) is 13.6 Å². The van der Waals surface area contributed by atoms with Crippen LogP contribution in [0.2, 0.25) is 0 Å². The third-order valence-corrected chi connectivity index (χ3v) is 4.87. The van der Waals surface area contributed by atoms with Gasteiger partial charge in [0.15, 0.2) is 0 Å². The highest BCUT2D eigenvalue weighted by atomic mass is 32.2. The highest BCUT2D eigenvalue weighted by molar-refractivity contribution is 7.89. The summed E-state index contributed by atoms with van der Waals surface area (Å²) in [6.45, 7) is 4.70. The number of benzene rings is 1. The summed E-state index contributed by atoms with van der Waals surface area (Å²) in [5.74, 6) is 0.391. The topological polar surface area (TPSA) is 107 Å². The lowest BCUT2D eigenvalue weighted by Gasteiger charge is -2.27. The number of nitro benzene ring substituents is 1. The Kier molecular flexibility index (Phi) is 3.70. The van der Waals surface area contributed by atoms with E-state index in [2.05, 4.69) is 6.92 Å². The van der Waals surface area contributed by atoms with Crippen LogP contribution in [0.4, 0.5) is 11.4 Å². The van der Waals surface area contributed by atoms with Crippen LogP contribution in [0, 0.1) is 16.0 Å². The summed E-state index contributed by atoms with van der Waals surface area (Å²) in [6, 6.07) is 3.76. The summed E-state index contributed by atoms with van der Waals surface area (Å²) >= 11 is 0. The van der Waals surface area contributed by atoms with E-state index >= 15 is 0 Å². The van der Waals surface area contributed by atoms with E-state index in [9.17, 15) is 18.5 Å². The second-order valence-corrected chi connectivity index (χ2v) is 6.68. The molecule has 1 saturated heterocycles. The maximum Gasteiger partial charge on any atom is 0.271 e. The average molecular weight is 299 g/mol. The minimum atomic E-state index is -3.92. The normalized spacial score (nSPS) is 23.1. The number of anilines is 1. The minimum Gasteiger partial charge on any atom is -0.367 e. The van der Waals surface area contributed by atoms with Crippen LogP contribution >= 0.6 is 0 Å². The van der Waals surface area contributed by atoms with Crippen molar-refractivity contribution < 1.29 is 13.3 Å². The quantitative estimate of drug-likeness (QED) is 0.672. The molecule has 0 aromatic heterocycles. The first-order valence-electron chi connectivity index (χ1n) is 6.29. The van der Waals surface area contributed by atoms with Gasteiger partial charge < -0.3 is 4.90 Å². The molecule has 1 aliphatic heterocycles. The molecule has 2 rings (SSSR count). The molecule has 1 aromatic carbocycles. The molecule has 0 aliphatic carbocycles. The van der Waals surface area contributed by atoms with Crippen molar-refractivity contribution in [1.82, 2.24) is 0 Å². The van der Waals surface area contributed by atoms with Gasteiger partial charge >= 0.3 is 0 Å². The van der Waals surface area contributed by atoms with Crippen molar-refractivity contribution in [3.63, 3.8) is 0 Å². The Hall–Kier alpha value is -1.67. The molecule has 0 spiro atoms. The fraction of sp³-hybridized carbons (Fsp3) is 0.500. The predicted octanol–water partition coefficient (Wildman–Crippen LogP) is 1.48. The number of nitrogens with zero attached hydrogens (tertiary/aromatic N) is 2. The third-order valence-electron chi connectivity index (χ3n) is 3.91. The molecule has 0 saturated carbocycles. The van der Waals surface area contributed by atoms with Gasteiger partial charge in [0.1, 0.15) is 4.90 Å². The van der Waals surface area contributed by atoms with Crippen LogP contribution in [0.15, 0.2) is 23.1 Å². The first-order chi connectivity index (χ1) is 9.21. The summed E-state index contributed by atoms with van der Waals surface area (Å²) in [5.41, 5.74) is 0.178. The predicted molar refractivity (Wildman–Crippen MR) is 75.1 cm³/mol. The molecular weight excluding hydrogens is 282 g/mol. The van der Waals surface area contributed by atoms with Crippen LogP contribution in [-0.4, -0.2) is 25.9 Å². The summed E-state index contributed by atoms with van der Waals surface area (Å²) in [4.78, 5) is 12.1. The largest absolute Gasteiger partial charge is 0.367 e. The maximum atomic E-state index is 11.7. The monoisotopic (exact) mass is 299 g/mol. The van der Waals surface area contributed by atoms with Crippen molar-refractivity contribution in [3.05, 3.63) is 28.3 Å². The smallest absolute Gasteiger partial charge is 0.271 e. The van der Waals surface area contributed by atoms with E-state index in [-0.39, 0.29) is 16.6 Å². The van der Waals surface area contributed by atoms with E-state index in [0.29, 0.717) is 18.2 Å². The van der Waals surface area contributed by atoms with E-state index in [0.717, 1.165) is 12.5 Å². The van der Waals surface area contributed by atoms with Crippen LogP contribution in [0.1, 0.15) is 20.3 Å². The Balaban J connectivity index is 2.59. The zero-order valence-corrected chi connectivity index (χ0v) is 12.1. The van der Waals surface area contributed by atoms with Crippen molar-refractivity contribution in [2.24, 2.45) is 11.1 Å². The molecule has 7 nitrogen and oxygen atoms in total. The molecule has 0 bridgehead atoms. The van der Waals surface area contributed by atoms with Gasteiger partial charge in [-0.15, -0.1) is 0 Å². The molecule has 1 fully saturated rings. The Bertz CT molecular complexity index is 644. The Labute approximate surface area is 117 Å². The van der Waals surface area contributed by atoms with E-state index in [1.807, 2.05) is 11.8 Å². The standard InChI is InChI=1S/C12H17N3O4S/c1-8-5-6-14(9(8)2)11-7-10(15(16)17)3-4-12(11)20(13,18)19/h3-4,7-9H,5-6H2,1-2H3,(H2,13,18,19)/t8-,9+/m0/s1. The third kappa shape index (κ3) is 2.61. The first-order valence-corrected chi connectivity index (χ1v) is 7.84. The highest BCUT2D eigenvalue weighted by Gasteiger charge is 2.31. The number of rotatable bonds is 3. The van der Waals surface area contributed by atoms with Gasteiger partial charge in [-0.1, -0.05) is 6.92 Å². The van der Waals surface area contributed by atoms with Crippen LogP contribution in [-0.2, 0) is 10.0 Å². The molecule has 8 heteroatoms.